The van der Waals surface area contributed by atoms with Gasteiger partial charge in [0.15, 0.2) is 0 Å². The first-order chi connectivity index (χ1) is 12.8. The molecule has 5 heteroatoms. The van der Waals surface area contributed by atoms with Crippen LogP contribution in [0.1, 0.15) is 61.0 Å². The van der Waals surface area contributed by atoms with Crippen molar-refractivity contribution in [2.45, 2.75) is 39.5 Å². The van der Waals surface area contributed by atoms with Crippen molar-refractivity contribution in [3.05, 3.63) is 59.2 Å². The summed E-state index contributed by atoms with van der Waals surface area (Å²) in [6.45, 7) is 8.71. The van der Waals surface area contributed by atoms with Gasteiger partial charge in [-0.25, -0.2) is 4.79 Å². The molecular weight excluding hydrogens is 340 g/mol. The van der Waals surface area contributed by atoms with Crippen molar-refractivity contribution in [2.75, 3.05) is 24.3 Å². The fraction of sp³-hybridized carbons (Fsp3) is 0.364. The highest BCUT2D eigenvalue weighted by Gasteiger charge is 2.15. The molecule has 2 rings (SSSR count). The van der Waals surface area contributed by atoms with E-state index in [2.05, 4.69) is 56.5 Å². The number of benzene rings is 2. The van der Waals surface area contributed by atoms with Gasteiger partial charge in [-0.1, -0.05) is 52.0 Å². The Bertz CT molecular complexity index is 787. The van der Waals surface area contributed by atoms with Gasteiger partial charge in [0.05, 0.1) is 19.2 Å². The minimum Gasteiger partial charge on any atom is -0.465 e. The van der Waals surface area contributed by atoms with Crippen LogP contribution in [0.25, 0.3) is 0 Å². The zero-order chi connectivity index (χ0) is 20.0. The largest absolute Gasteiger partial charge is 0.465 e. The Morgan fingerprint density at radius 3 is 2.11 bits per heavy atom. The van der Waals surface area contributed by atoms with Crippen molar-refractivity contribution in [1.82, 2.24) is 0 Å². The molecule has 2 aromatic rings. The van der Waals surface area contributed by atoms with Crippen molar-refractivity contribution in [3.8, 4) is 0 Å². The number of carbonyl (C=O) groups excluding carboxylic acids is 2. The van der Waals surface area contributed by atoms with Gasteiger partial charge >= 0.3 is 5.97 Å². The monoisotopic (exact) mass is 368 g/mol. The van der Waals surface area contributed by atoms with Gasteiger partial charge in [0.25, 0.3) is 0 Å². The Balaban J connectivity index is 2.11. The van der Waals surface area contributed by atoms with E-state index in [9.17, 15) is 9.59 Å². The first kappa shape index (κ1) is 20.5. The molecule has 5 nitrogen and oxygen atoms in total. The highest BCUT2D eigenvalue weighted by atomic mass is 16.5. The van der Waals surface area contributed by atoms with E-state index < -0.39 is 5.97 Å². The Morgan fingerprint density at radius 1 is 0.963 bits per heavy atom. The average molecular weight is 368 g/mol. The zero-order valence-electron chi connectivity index (χ0n) is 16.6. The highest BCUT2D eigenvalue weighted by Crippen LogP contribution is 2.32. The van der Waals surface area contributed by atoms with Gasteiger partial charge in [-0.15, -0.1) is 0 Å². The van der Waals surface area contributed by atoms with Crippen LogP contribution in [-0.4, -0.2) is 25.5 Å². The van der Waals surface area contributed by atoms with E-state index in [1.165, 1.54) is 18.2 Å². The van der Waals surface area contributed by atoms with E-state index in [4.69, 9.17) is 4.74 Å². The van der Waals surface area contributed by atoms with Crippen LogP contribution in [0.4, 0.5) is 11.4 Å². The molecule has 27 heavy (non-hydrogen) atoms. The number of methoxy groups -OCH3 is 1. The number of amides is 1. The van der Waals surface area contributed by atoms with Gasteiger partial charge in [0.2, 0.25) is 5.91 Å². The lowest BCUT2D eigenvalue weighted by molar-refractivity contribution is -0.114. The van der Waals surface area contributed by atoms with Crippen LogP contribution < -0.4 is 10.6 Å². The quantitative estimate of drug-likeness (QED) is 0.691. The second-order valence-electron chi connectivity index (χ2n) is 7.09. The van der Waals surface area contributed by atoms with Gasteiger partial charge in [-0.05, 0) is 41.2 Å². The third-order valence-electron chi connectivity index (χ3n) is 4.37. The van der Waals surface area contributed by atoms with Gasteiger partial charge in [0.1, 0.15) is 0 Å². The van der Waals surface area contributed by atoms with Gasteiger partial charge < -0.3 is 15.4 Å². The molecule has 1 amide bonds. The summed E-state index contributed by atoms with van der Waals surface area (Å²) < 4.78 is 4.71. The molecule has 0 bridgehead atoms. The van der Waals surface area contributed by atoms with E-state index in [1.54, 1.807) is 24.3 Å². The summed E-state index contributed by atoms with van der Waals surface area (Å²) in [5, 5.41) is 6.13. The number of hydrogen-bond donors (Lipinski definition) is 2. The average Bonchev–Trinajstić information content (AvgIpc) is 2.65. The summed E-state index contributed by atoms with van der Waals surface area (Å²) in [6.07, 6.45) is 0. The molecule has 144 valence electrons. The molecule has 0 saturated carbocycles. The predicted molar refractivity (Wildman–Crippen MR) is 110 cm³/mol. The number of carbonyl (C=O) groups is 2. The molecule has 0 aromatic heterocycles. The number of ether oxygens (including phenoxy) is 1. The van der Waals surface area contributed by atoms with E-state index in [0.717, 1.165) is 5.69 Å². The van der Waals surface area contributed by atoms with Crippen molar-refractivity contribution in [2.24, 2.45) is 0 Å². The summed E-state index contributed by atoms with van der Waals surface area (Å²) in [6, 6.07) is 13.0. The molecule has 2 N–H and O–H groups in total. The van der Waals surface area contributed by atoms with E-state index in [-0.39, 0.29) is 12.5 Å². The van der Waals surface area contributed by atoms with Crippen LogP contribution in [0, 0.1) is 0 Å². The minimum absolute atomic E-state index is 0.145. The molecule has 0 radical (unpaired) electrons. The SMILES string of the molecule is COC(=O)c1cccc(NC(=O)CNc2c(C(C)C)cccc2C(C)C)c1. The van der Waals surface area contributed by atoms with Crippen LogP contribution in [-0.2, 0) is 9.53 Å². The lowest BCUT2D eigenvalue weighted by atomic mass is 9.92. The molecule has 0 aliphatic heterocycles. The van der Waals surface area contributed by atoms with Crippen molar-refractivity contribution >= 4 is 23.3 Å². The van der Waals surface area contributed by atoms with Crippen molar-refractivity contribution in [3.63, 3.8) is 0 Å². The third kappa shape index (κ3) is 5.33. The Hall–Kier alpha value is -2.82. The Morgan fingerprint density at radius 2 is 1.56 bits per heavy atom. The smallest absolute Gasteiger partial charge is 0.337 e. The highest BCUT2D eigenvalue weighted by molar-refractivity contribution is 5.96. The lowest BCUT2D eigenvalue weighted by Crippen LogP contribution is -2.23. The maximum absolute atomic E-state index is 12.4. The normalized spacial score (nSPS) is 10.8. The predicted octanol–water partition coefficient (Wildman–Crippen LogP) is 4.77. The summed E-state index contributed by atoms with van der Waals surface area (Å²) in [5.41, 5.74) is 4.38. The topological polar surface area (TPSA) is 67.4 Å². The number of rotatable bonds is 7. The maximum Gasteiger partial charge on any atom is 0.337 e. The molecule has 2 aromatic carbocycles. The number of para-hydroxylation sites is 1. The van der Waals surface area contributed by atoms with Gasteiger partial charge in [-0.3, -0.25) is 4.79 Å². The number of hydrogen-bond acceptors (Lipinski definition) is 4. The first-order valence-electron chi connectivity index (χ1n) is 9.18. The molecule has 0 fully saturated rings. The Labute approximate surface area is 161 Å². The van der Waals surface area contributed by atoms with Gasteiger partial charge in [-0.2, -0.15) is 0 Å². The Kier molecular flexibility index (Phi) is 6.99. The van der Waals surface area contributed by atoms with Crippen LogP contribution >= 0.6 is 0 Å². The summed E-state index contributed by atoms with van der Waals surface area (Å²) in [4.78, 5) is 24.0. The molecule has 0 atom stereocenters. The summed E-state index contributed by atoms with van der Waals surface area (Å²) in [7, 11) is 1.33. The second kappa shape index (κ2) is 9.21. The fourth-order valence-corrected chi connectivity index (χ4v) is 2.97. The van der Waals surface area contributed by atoms with E-state index in [1.807, 2.05) is 0 Å². The third-order valence-corrected chi connectivity index (χ3v) is 4.37. The zero-order valence-corrected chi connectivity index (χ0v) is 16.6. The number of esters is 1. The minimum atomic E-state index is -0.434. The molecule has 0 aliphatic carbocycles. The standard InChI is InChI=1S/C22H28N2O3/c1-14(2)18-10-7-11-19(15(3)4)21(18)23-13-20(25)24-17-9-6-8-16(12-17)22(26)27-5/h6-12,14-15,23H,13H2,1-5H3,(H,24,25). The van der Waals surface area contributed by atoms with E-state index >= 15 is 0 Å². The number of nitrogens with one attached hydrogen (secondary N) is 2. The van der Waals surface area contributed by atoms with Crippen LogP contribution in [0.15, 0.2) is 42.5 Å². The van der Waals surface area contributed by atoms with E-state index in [0.29, 0.717) is 23.1 Å². The number of anilines is 2. The van der Waals surface area contributed by atoms with Crippen LogP contribution in [0.2, 0.25) is 0 Å². The van der Waals surface area contributed by atoms with Crippen molar-refractivity contribution < 1.29 is 14.3 Å². The molecule has 0 spiro atoms. The van der Waals surface area contributed by atoms with Gasteiger partial charge in [0, 0.05) is 11.4 Å². The van der Waals surface area contributed by atoms with Crippen LogP contribution in [0.3, 0.4) is 0 Å². The lowest BCUT2D eigenvalue weighted by Gasteiger charge is -2.20. The molecule has 0 saturated heterocycles. The first-order valence-corrected chi connectivity index (χ1v) is 9.18. The fourth-order valence-electron chi connectivity index (χ4n) is 2.97. The molecule has 0 unspecified atom stereocenters. The molecular formula is C22H28N2O3. The maximum atomic E-state index is 12.4. The molecule has 0 aliphatic rings. The van der Waals surface area contributed by atoms with Crippen LogP contribution in [0.5, 0.6) is 0 Å². The van der Waals surface area contributed by atoms with Crippen molar-refractivity contribution in [1.29, 1.82) is 0 Å². The summed E-state index contributed by atoms with van der Waals surface area (Å²) >= 11 is 0. The molecule has 0 heterocycles. The summed E-state index contributed by atoms with van der Waals surface area (Å²) in [5.74, 6) is 0.0962. The second-order valence-corrected chi connectivity index (χ2v) is 7.09.